The van der Waals surface area contributed by atoms with Crippen LogP contribution < -0.4 is 21.3 Å². The highest BCUT2D eigenvalue weighted by atomic mass is 16.2. The van der Waals surface area contributed by atoms with Crippen molar-refractivity contribution in [1.82, 2.24) is 31.1 Å². The average Bonchev–Trinajstić information content (AvgIpc) is 3.02. The largest absolute Gasteiger partial charge is 0.347 e. The van der Waals surface area contributed by atoms with Gasteiger partial charge in [0, 0.05) is 45.3 Å². The first kappa shape index (κ1) is 23.8. The van der Waals surface area contributed by atoms with E-state index < -0.39 is 29.5 Å². The van der Waals surface area contributed by atoms with Gasteiger partial charge >= 0.3 is 0 Å². The lowest BCUT2D eigenvalue weighted by atomic mass is 10.3. The van der Waals surface area contributed by atoms with Crippen molar-refractivity contribution in [3.8, 4) is 0 Å². The molecule has 0 aliphatic carbocycles. The SMILES string of the molecule is CNCCN(C)C(=O)CNC(=O)CNC(=O)CNC(=O)CCN1C(=O)C=CC1=O. The Morgan fingerprint density at radius 2 is 1.41 bits per heavy atom. The molecule has 0 saturated carbocycles. The van der Waals surface area contributed by atoms with Gasteiger partial charge in [-0.1, -0.05) is 0 Å². The van der Waals surface area contributed by atoms with Gasteiger partial charge in [0.05, 0.1) is 19.6 Å². The van der Waals surface area contributed by atoms with Gasteiger partial charge in [0.2, 0.25) is 23.6 Å². The highest BCUT2D eigenvalue weighted by Crippen LogP contribution is 2.03. The first-order valence-electron chi connectivity index (χ1n) is 8.96. The van der Waals surface area contributed by atoms with E-state index in [9.17, 15) is 28.8 Å². The first-order valence-corrected chi connectivity index (χ1v) is 8.96. The lowest BCUT2D eigenvalue weighted by Gasteiger charge is -2.17. The summed E-state index contributed by atoms with van der Waals surface area (Å²) >= 11 is 0. The van der Waals surface area contributed by atoms with E-state index in [4.69, 9.17) is 0 Å². The molecule has 0 aromatic heterocycles. The van der Waals surface area contributed by atoms with Crippen molar-refractivity contribution < 1.29 is 28.8 Å². The second-order valence-corrected chi connectivity index (χ2v) is 6.16. The number of imide groups is 1. The Morgan fingerprint density at radius 3 is 1.97 bits per heavy atom. The molecule has 0 aromatic carbocycles. The topological polar surface area (TPSA) is 157 Å². The zero-order valence-electron chi connectivity index (χ0n) is 16.4. The Labute approximate surface area is 168 Å². The molecule has 0 radical (unpaired) electrons. The van der Waals surface area contributed by atoms with Crippen molar-refractivity contribution in [2.24, 2.45) is 0 Å². The van der Waals surface area contributed by atoms with Gasteiger partial charge in [0.1, 0.15) is 0 Å². The fourth-order valence-electron chi connectivity index (χ4n) is 2.15. The van der Waals surface area contributed by atoms with Gasteiger partial charge in [-0.15, -0.1) is 0 Å². The Bertz CT molecular complexity index is 674. The van der Waals surface area contributed by atoms with Gasteiger partial charge in [0.15, 0.2) is 0 Å². The summed E-state index contributed by atoms with van der Waals surface area (Å²) in [5.41, 5.74) is 0. The number of nitrogens with zero attached hydrogens (tertiary/aromatic N) is 2. The van der Waals surface area contributed by atoms with Crippen LogP contribution in [0.4, 0.5) is 0 Å². The number of rotatable bonds is 12. The predicted octanol–water partition coefficient (Wildman–Crippen LogP) is -3.67. The number of nitrogens with one attached hydrogen (secondary N) is 4. The number of carbonyl (C=O) groups excluding carboxylic acids is 6. The van der Waals surface area contributed by atoms with Gasteiger partial charge < -0.3 is 26.2 Å². The molecule has 12 nitrogen and oxygen atoms in total. The molecular formula is C17H26N6O6. The molecule has 0 unspecified atom stereocenters. The molecular weight excluding hydrogens is 384 g/mol. The first-order chi connectivity index (χ1) is 13.7. The summed E-state index contributed by atoms with van der Waals surface area (Å²) in [7, 11) is 3.38. The molecule has 160 valence electrons. The van der Waals surface area contributed by atoms with Crippen molar-refractivity contribution in [3.05, 3.63) is 12.2 Å². The van der Waals surface area contributed by atoms with Crippen LogP contribution in [0.3, 0.4) is 0 Å². The Balaban J connectivity index is 2.15. The molecule has 0 aromatic rings. The summed E-state index contributed by atoms with van der Waals surface area (Å²) in [5, 5.41) is 9.93. The molecule has 6 amide bonds. The highest BCUT2D eigenvalue weighted by Gasteiger charge is 2.23. The fourth-order valence-corrected chi connectivity index (χ4v) is 2.15. The minimum Gasteiger partial charge on any atom is -0.347 e. The molecule has 1 aliphatic rings. The van der Waals surface area contributed by atoms with Crippen molar-refractivity contribution in [2.45, 2.75) is 6.42 Å². The maximum atomic E-state index is 11.8. The van der Waals surface area contributed by atoms with Crippen LogP contribution in [-0.4, -0.2) is 98.6 Å². The molecule has 1 rings (SSSR count). The van der Waals surface area contributed by atoms with E-state index in [-0.39, 0.29) is 38.5 Å². The summed E-state index contributed by atoms with van der Waals surface area (Å²) in [6, 6.07) is 0. The average molecular weight is 410 g/mol. The third-order valence-corrected chi connectivity index (χ3v) is 3.91. The van der Waals surface area contributed by atoms with E-state index in [0.717, 1.165) is 17.1 Å². The van der Waals surface area contributed by atoms with Crippen LogP contribution in [0.5, 0.6) is 0 Å². The smallest absolute Gasteiger partial charge is 0.253 e. The van der Waals surface area contributed by atoms with Crippen molar-refractivity contribution in [3.63, 3.8) is 0 Å². The Kier molecular flexibility index (Phi) is 10.0. The predicted molar refractivity (Wildman–Crippen MR) is 101 cm³/mol. The monoisotopic (exact) mass is 410 g/mol. The molecule has 4 N–H and O–H groups in total. The number of hydrogen-bond acceptors (Lipinski definition) is 7. The summed E-state index contributed by atoms with van der Waals surface area (Å²) in [6.45, 7) is 0.145. The standard InChI is InChI=1S/C17H26N6O6/c1-18-6-8-22(2)17(29)11-21-14(26)10-20-13(25)9-19-12(24)5-7-23-15(27)3-4-16(23)28/h3-4,18H,5-11H2,1-2H3,(H,19,24)(H,20,25)(H,21,26). The maximum Gasteiger partial charge on any atom is 0.253 e. The van der Waals surface area contributed by atoms with E-state index in [1.165, 1.54) is 4.90 Å². The molecule has 0 atom stereocenters. The van der Waals surface area contributed by atoms with Crippen LogP contribution >= 0.6 is 0 Å². The normalized spacial score (nSPS) is 12.7. The van der Waals surface area contributed by atoms with Crippen LogP contribution in [0, 0.1) is 0 Å². The van der Waals surface area contributed by atoms with Gasteiger partial charge in [-0.2, -0.15) is 0 Å². The number of likely N-dealkylation sites (N-methyl/N-ethyl adjacent to an activating group) is 2. The van der Waals surface area contributed by atoms with Crippen LogP contribution in [-0.2, 0) is 28.8 Å². The van der Waals surface area contributed by atoms with Gasteiger partial charge in [-0.25, -0.2) is 0 Å². The minimum absolute atomic E-state index is 0.0860. The van der Waals surface area contributed by atoms with Crippen LogP contribution in [0.25, 0.3) is 0 Å². The molecule has 0 saturated heterocycles. The van der Waals surface area contributed by atoms with E-state index in [2.05, 4.69) is 21.3 Å². The summed E-state index contributed by atoms with van der Waals surface area (Å²) < 4.78 is 0. The Hall–Kier alpha value is -3.28. The van der Waals surface area contributed by atoms with Crippen LogP contribution in [0.15, 0.2) is 12.2 Å². The zero-order valence-corrected chi connectivity index (χ0v) is 16.4. The summed E-state index contributed by atoms with van der Waals surface area (Å²) in [5.74, 6) is -2.90. The Morgan fingerprint density at radius 1 is 0.897 bits per heavy atom. The number of hydrogen-bond donors (Lipinski definition) is 4. The molecule has 0 fully saturated rings. The van der Waals surface area contributed by atoms with Gasteiger partial charge in [-0.3, -0.25) is 33.7 Å². The second kappa shape index (κ2) is 12.2. The number of carbonyl (C=O) groups is 6. The quantitative estimate of drug-likeness (QED) is 0.241. The third kappa shape index (κ3) is 8.97. The fraction of sp³-hybridized carbons (Fsp3) is 0.529. The maximum absolute atomic E-state index is 11.8. The number of amides is 6. The lowest BCUT2D eigenvalue weighted by molar-refractivity contribution is -0.137. The zero-order chi connectivity index (χ0) is 21.8. The van der Waals surface area contributed by atoms with Gasteiger partial charge in [0.25, 0.3) is 11.8 Å². The van der Waals surface area contributed by atoms with E-state index in [1.54, 1.807) is 14.1 Å². The highest BCUT2D eigenvalue weighted by molar-refractivity contribution is 6.13. The summed E-state index contributed by atoms with van der Waals surface area (Å²) in [6.07, 6.45) is 2.09. The lowest BCUT2D eigenvalue weighted by Crippen LogP contribution is -2.45. The molecule has 1 aliphatic heterocycles. The molecule has 1 heterocycles. The molecule has 12 heteroatoms. The van der Waals surface area contributed by atoms with Gasteiger partial charge in [-0.05, 0) is 7.05 Å². The minimum atomic E-state index is -0.596. The molecule has 29 heavy (non-hydrogen) atoms. The van der Waals surface area contributed by atoms with E-state index in [0.29, 0.717) is 13.1 Å². The summed E-state index contributed by atoms with van der Waals surface area (Å²) in [4.78, 5) is 71.9. The van der Waals surface area contributed by atoms with Crippen molar-refractivity contribution in [1.29, 1.82) is 0 Å². The van der Waals surface area contributed by atoms with Crippen molar-refractivity contribution in [2.75, 3.05) is 53.4 Å². The van der Waals surface area contributed by atoms with Crippen LogP contribution in [0.2, 0.25) is 0 Å². The van der Waals surface area contributed by atoms with E-state index in [1.807, 2.05) is 0 Å². The molecule has 0 spiro atoms. The third-order valence-electron chi connectivity index (χ3n) is 3.91. The van der Waals surface area contributed by atoms with Crippen LogP contribution in [0.1, 0.15) is 6.42 Å². The second-order valence-electron chi connectivity index (χ2n) is 6.16. The van der Waals surface area contributed by atoms with E-state index >= 15 is 0 Å². The molecule has 0 bridgehead atoms. The van der Waals surface area contributed by atoms with Crippen molar-refractivity contribution >= 4 is 35.4 Å².